The quantitative estimate of drug-likeness (QED) is 0.872. The number of rotatable bonds is 2. The second kappa shape index (κ2) is 7.21. The number of nitrogens with zero attached hydrogens (tertiary/aromatic N) is 1. The molecular formula is C17H22ClN3O2. The molecule has 1 aliphatic carbocycles. The Morgan fingerprint density at radius 1 is 1.22 bits per heavy atom. The zero-order valence-electron chi connectivity index (χ0n) is 13.1. The van der Waals surface area contributed by atoms with E-state index in [1.807, 2.05) is 24.3 Å². The maximum Gasteiger partial charge on any atom is 0.317 e. The Labute approximate surface area is 141 Å². The van der Waals surface area contributed by atoms with E-state index in [-0.39, 0.29) is 18.0 Å². The third kappa shape index (κ3) is 3.96. The predicted molar refractivity (Wildman–Crippen MR) is 89.6 cm³/mol. The standard InChI is InChI=1S/C17H22ClN3O2/c18-13-6-4-12(5-7-13)14-2-1-3-15(14)20-17(23)21-10-8-16(22)19-9-11-21/h4-7,14-15H,1-3,8-11H2,(H,19,22)(H,20,23)/t14-,15+/m1/s1. The van der Waals surface area contributed by atoms with E-state index in [1.54, 1.807) is 4.90 Å². The van der Waals surface area contributed by atoms with E-state index < -0.39 is 0 Å². The van der Waals surface area contributed by atoms with Crippen LogP contribution >= 0.6 is 11.6 Å². The van der Waals surface area contributed by atoms with Gasteiger partial charge in [-0.25, -0.2) is 4.79 Å². The fourth-order valence-corrected chi connectivity index (χ4v) is 3.59. The highest BCUT2D eigenvalue weighted by molar-refractivity contribution is 6.30. The van der Waals surface area contributed by atoms with E-state index in [1.165, 1.54) is 5.56 Å². The van der Waals surface area contributed by atoms with Crippen molar-refractivity contribution in [1.29, 1.82) is 0 Å². The largest absolute Gasteiger partial charge is 0.354 e. The first-order valence-electron chi connectivity index (χ1n) is 8.21. The summed E-state index contributed by atoms with van der Waals surface area (Å²) in [5.41, 5.74) is 1.23. The van der Waals surface area contributed by atoms with E-state index >= 15 is 0 Å². The van der Waals surface area contributed by atoms with Crippen molar-refractivity contribution in [3.8, 4) is 0 Å². The van der Waals surface area contributed by atoms with Crippen molar-refractivity contribution >= 4 is 23.5 Å². The van der Waals surface area contributed by atoms with Crippen molar-refractivity contribution in [1.82, 2.24) is 15.5 Å². The fourth-order valence-electron chi connectivity index (χ4n) is 3.46. The van der Waals surface area contributed by atoms with E-state index in [9.17, 15) is 9.59 Å². The molecule has 2 aliphatic rings. The molecule has 6 heteroatoms. The summed E-state index contributed by atoms with van der Waals surface area (Å²) in [6.45, 7) is 1.57. The summed E-state index contributed by atoms with van der Waals surface area (Å²) in [6, 6.07) is 7.99. The van der Waals surface area contributed by atoms with Crippen molar-refractivity contribution in [3.05, 3.63) is 34.9 Å². The van der Waals surface area contributed by atoms with E-state index in [4.69, 9.17) is 11.6 Å². The Bertz CT molecular complexity index is 576. The highest BCUT2D eigenvalue weighted by Crippen LogP contribution is 2.35. The molecule has 0 bridgehead atoms. The molecule has 0 aromatic heterocycles. The van der Waals surface area contributed by atoms with Crippen LogP contribution < -0.4 is 10.6 Å². The third-order valence-corrected chi connectivity index (χ3v) is 4.97. The van der Waals surface area contributed by atoms with Crippen LogP contribution in [0.1, 0.15) is 37.2 Å². The molecule has 0 radical (unpaired) electrons. The molecule has 0 spiro atoms. The lowest BCUT2D eigenvalue weighted by molar-refractivity contribution is -0.120. The molecule has 2 fully saturated rings. The van der Waals surface area contributed by atoms with Crippen LogP contribution in [0, 0.1) is 0 Å². The molecule has 2 N–H and O–H groups in total. The number of amides is 3. The van der Waals surface area contributed by atoms with Crippen LogP contribution in [-0.4, -0.2) is 42.5 Å². The molecule has 2 atom stereocenters. The lowest BCUT2D eigenvalue weighted by atomic mass is 9.94. The SMILES string of the molecule is O=C1CCN(C(=O)N[C@H]2CCC[C@@H]2c2ccc(Cl)cc2)CCN1. The lowest BCUT2D eigenvalue weighted by Crippen LogP contribution is -2.46. The number of halogens is 1. The molecule has 124 valence electrons. The van der Waals surface area contributed by atoms with Gasteiger partial charge in [-0.2, -0.15) is 0 Å². The molecule has 1 saturated carbocycles. The Morgan fingerprint density at radius 3 is 2.78 bits per heavy atom. The summed E-state index contributed by atoms with van der Waals surface area (Å²) >= 11 is 5.96. The van der Waals surface area contributed by atoms with Gasteiger partial charge >= 0.3 is 6.03 Å². The van der Waals surface area contributed by atoms with Crippen molar-refractivity contribution < 1.29 is 9.59 Å². The van der Waals surface area contributed by atoms with Crippen molar-refractivity contribution in [2.45, 2.75) is 37.6 Å². The van der Waals surface area contributed by atoms with Gasteiger partial charge in [0.1, 0.15) is 0 Å². The summed E-state index contributed by atoms with van der Waals surface area (Å²) < 4.78 is 0. The number of hydrogen-bond acceptors (Lipinski definition) is 2. The Hall–Kier alpha value is -1.75. The highest BCUT2D eigenvalue weighted by atomic mass is 35.5. The average Bonchev–Trinajstić information content (AvgIpc) is 2.88. The maximum absolute atomic E-state index is 12.5. The smallest absolute Gasteiger partial charge is 0.317 e. The van der Waals surface area contributed by atoms with Crippen molar-refractivity contribution in [3.63, 3.8) is 0 Å². The maximum atomic E-state index is 12.5. The second-order valence-corrected chi connectivity index (χ2v) is 6.67. The summed E-state index contributed by atoms with van der Waals surface area (Å²) in [7, 11) is 0. The summed E-state index contributed by atoms with van der Waals surface area (Å²) in [6.07, 6.45) is 3.55. The molecule has 3 amide bonds. The molecule has 1 aliphatic heterocycles. The minimum absolute atomic E-state index is 0.0141. The highest BCUT2D eigenvalue weighted by Gasteiger charge is 2.31. The van der Waals surface area contributed by atoms with Gasteiger partial charge in [0.05, 0.1) is 0 Å². The van der Waals surface area contributed by atoms with Crippen LogP contribution in [-0.2, 0) is 4.79 Å². The number of carbonyl (C=O) groups excluding carboxylic acids is 2. The number of carbonyl (C=O) groups is 2. The predicted octanol–water partition coefficient (Wildman–Crippen LogP) is 2.51. The molecule has 1 aromatic rings. The Kier molecular flexibility index (Phi) is 5.06. The molecule has 0 unspecified atom stereocenters. The molecule has 1 saturated heterocycles. The zero-order valence-corrected chi connectivity index (χ0v) is 13.8. The number of benzene rings is 1. The Morgan fingerprint density at radius 2 is 2.00 bits per heavy atom. The average molecular weight is 336 g/mol. The van der Waals surface area contributed by atoms with Crippen LogP contribution in [0.15, 0.2) is 24.3 Å². The van der Waals surface area contributed by atoms with Gasteiger partial charge < -0.3 is 15.5 Å². The summed E-state index contributed by atoms with van der Waals surface area (Å²) in [4.78, 5) is 25.6. The van der Waals surface area contributed by atoms with Gasteiger partial charge in [0, 0.05) is 43.0 Å². The fraction of sp³-hybridized carbons (Fsp3) is 0.529. The summed E-state index contributed by atoms with van der Waals surface area (Å²) in [5, 5.41) is 6.69. The topological polar surface area (TPSA) is 61.4 Å². The van der Waals surface area contributed by atoms with Crippen molar-refractivity contribution in [2.75, 3.05) is 19.6 Å². The van der Waals surface area contributed by atoms with Gasteiger partial charge in [0.2, 0.25) is 5.91 Å². The van der Waals surface area contributed by atoms with Crippen LogP contribution in [0.3, 0.4) is 0 Å². The van der Waals surface area contributed by atoms with E-state index in [2.05, 4.69) is 10.6 Å². The van der Waals surface area contributed by atoms with Crippen LogP contribution in [0.2, 0.25) is 5.02 Å². The molecular weight excluding hydrogens is 314 g/mol. The number of nitrogens with one attached hydrogen (secondary N) is 2. The van der Waals surface area contributed by atoms with Gasteiger partial charge in [0.15, 0.2) is 0 Å². The van der Waals surface area contributed by atoms with Gasteiger partial charge in [-0.15, -0.1) is 0 Å². The van der Waals surface area contributed by atoms with Gasteiger partial charge in [0.25, 0.3) is 0 Å². The normalized spacial score (nSPS) is 24.9. The first-order valence-corrected chi connectivity index (χ1v) is 8.59. The van der Waals surface area contributed by atoms with Crippen LogP contribution in [0.25, 0.3) is 0 Å². The number of urea groups is 1. The monoisotopic (exact) mass is 335 g/mol. The molecule has 1 heterocycles. The zero-order chi connectivity index (χ0) is 16.2. The van der Waals surface area contributed by atoms with Gasteiger partial charge in [-0.1, -0.05) is 30.2 Å². The molecule has 23 heavy (non-hydrogen) atoms. The van der Waals surface area contributed by atoms with Crippen LogP contribution in [0.5, 0.6) is 0 Å². The molecule has 1 aromatic carbocycles. The minimum Gasteiger partial charge on any atom is -0.354 e. The van der Waals surface area contributed by atoms with E-state index in [0.29, 0.717) is 32.0 Å². The minimum atomic E-state index is -0.0626. The lowest BCUT2D eigenvalue weighted by Gasteiger charge is -2.26. The number of hydrogen-bond donors (Lipinski definition) is 2. The molecule has 5 nitrogen and oxygen atoms in total. The van der Waals surface area contributed by atoms with Crippen LogP contribution in [0.4, 0.5) is 4.79 Å². The summed E-state index contributed by atoms with van der Waals surface area (Å²) in [5.74, 6) is 0.350. The van der Waals surface area contributed by atoms with Crippen molar-refractivity contribution in [2.24, 2.45) is 0 Å². The Balaban J connectivity index is 1.62. The van der Waals surface area contributed by atoms with Gasteiger partial charge in [-0.3, -0.25) is 4.79 Å². The third-order valence-electron chi connectivity index (χ3n) is 4.72. The second-order valence-electron chi connectivity index (χ2n) is 6.23. The first-order chi connectivity index (χ1) is 11.1. The van der Waals surface area contributed by atoms with E-state index in [0.717, 1.165) is 24.3 Å². The first kappa shape index (κ1) is 16.1. The van der Waals surface area contributed by atoms with Gasteiger partial charge in [-0.05, 0) is 30.5 Å². The molecule has 3 rings (SSSR count).